The second kappa shape index (κ2) is 7.72. The summed E-state index contributed by atoms with van der Waals surface area (Å²) in [4.78, 5) is 10.1. The topological polar surface area (TPSA) is 97.0 Å². The number of hydrogen-bond donors (Lipinski definition) is 2. The molecule has 2 N–H and O–H groups in total. The number of hydrogen-bond acceptors (Lipinski definition) is 6. The number of ether oxygens (including phenoxy) is 1. The molecule has 0 aliphatic rings. The summed E-state index contributed by atoms with van der Waals surface area (Å²) in [7, 11) is 0. The number of halogens is 3. The molecule has 10 heteroatoms. The van der Waals surface area contributed by atoms with Crippen molar-refractivity contribution in [3.8, 4) is 11.5 Å². The standard InChI is InChI=1S/C16H14F3N3O4/c1-2-26-15-7-10(3-6-14(15)23)9-20-21-12-5-4-11(16(17,18)19)8-13(12)22(24)25/h3-9,21,23H,2H2,1H3/b20-9-. The average molecular weight is 369 g/mol. The van der Waals surface area contributed by atoms with Gasteiger partial charge in [-0.05, 0) is 42.8 Å². The van der Waals surface area contributed by atoms with Gasteiger partial charge in [0.1, 0.15) is 5.69 Å². The third-order valence-corrected chi connectivity index (χ3v) is 3.20. The highest BCUT2D eigenvalue weighted by atomic mass is 19.4. The molecule has 0 aliphatic carbocycles. The van der Waals surface area contributed by atoms with E-state index in [1.807, 2.05) is 0 Å². The van der Waals surface area contributed by atoms with E-state index in [4.69, 9.17) is 4.74 Å². The van der Waals surface area contributed by atoms with Crippen molar-refractivity contribution in [2.75, 3.05) is 12.0 Å². The van der Waals surface area contributed by atoms with E-state index in [9.17, 15) is 28.4 Å². The van der Waals surface area contributed by atoms with Crippen LogP contribution in [-0.2, 0) is 6.18 Å². The monoisotopic (exact) mass is 369 g/mol. The van der Waals surface area contributed by atoms with Crippen molar-refractivity contribution >= 4 is 17.6 Å². The van der Waals surface area contributed by atoms with E-state index in [0.29, 0.717) is 18.2 Å². The molecule has 138 valence electrons. The molecule has 0 fully saturated rings. The number of nitrogens with zero attached hydrogens (tertiary/aromatic N) is 2. The zero-order valence-electron chi connectivity index (χ0n) is 13.4. The second-order valence-corrected chi connectivity index (χ2v) is 5.02. The molecule has 26 heavy (non-hydrogen) atoms. The maximum Gasteiger partial charge on any atom is 0.416 e. The van der Waals surface area contributed by atoms with Crippen LogP contribution in [0.3, 0.4) is 0 Å². The Morgan fingerprint density at radius 3 is 2.65 bits per heavy atom. The zero-order valence-corrected chi connectivity index (χ0v) is 13.4. The van der Waals surface area contributed by atoms with Crippen LogP contribution in [0.15, 0.2) is 41.5 Å². The fourth-order valence-electron chi connectivity index (χ4n) is 2.01. The Hall–Kier alpha value is -3.30. The number of phenols is 1. The Bertz CT molecular complexity index is 838. The lowest BCUT2D eigenvalue weighted by atomic mass is 10.1. The van der Waals surface area contributed by atoms with Crippen LogP contribution in [0.1, 0.15) is 18.1 Å². The molecule has 0 unspecified atom stereocenters. The summed E-state index contributed by atoms with van der Waals surface area (Å²) in [6.45, 7) is 2.08. The van der Waals surface area contributed by atoms with Gasteiger partial charge in [0.05, 0.1) is 23.3 Å². The number of rotatable bonds is 6. The molecule has 0 atom stereocenters. The molecule has 0 aromatic heterocycles. The van der Waals surface area contributed by atoms with E-state index < -0.39 is 22.4 Å². The van der Waals surface area contributed by atoms with Gasteiger partial charge < -0.3 is 9.84 Å². The van der Waals surface area contributed by atoms with Crippen LogP contribution < -0.4 is 10.2 Å². The number of nitrogens with one attached hydrogen (secondary N) is 1. The summed E-state index contributed by atoms with van der Waals surface area (Å²) in [5.74, 6) is 0.173. The molecule has 0 amide bonds. The van der Waals surface area contributed by atoms with E-state index in [2.05, 4.69) is 10.5 Å². The Balaban J connectivity index is 2.22. The van der Waals surface area contributed by atoms with Crippen LogP contribution in [-0.4, -0.2) is 22.9 Å². The predicted octanol–water partition coefficient (Wildman–Crippen LogP) is 4.16. The lowest BCUT2D eigenvalue weighted by Crippen LogP contribution is -2.06. The van der Waals surface area contributed by atoms with Crippen LogP contribution >= 0.6 is 0 Å². The summed E-state index contributed by atoms with van der Waals surface area (Å²) in [6.07, 6.45) is -3.41. The van der Waals surface area contributed by atoms with Crippen molar-refractivity contribution in [3.63, 3.8) is 0 Å². The Labute approximate surface area is 145 Å². The highest BCUT2D eigenvalue weighted by Gasteiger charge is 2.33. The first-order valence-electron chi connectivity index (χ1n) is 7.33. The van der Waals surface area contributed by atoms with Gasteiger partial charge >= 0.3 is 6.18 Å². The van der Waals surface area contributed by atoms with Crippen molar-refractivity contribution in [1.82, 2.24) is 0 Å². The smallest absolute Gasteiger partial charge is 0.416 e. The molecule has 7 nitrogen and oxygen atoms in total. The van der Waals surface area contributed by atoms with E-state index in [1.54, 1.807) is 6.92 Å². The van der Waals surface area contributed by atoms with Gasteiger partial charge in [-0.2, -0.15) is 18.3 Å². The van der Waals surface area contributed by atoms with Gasteiger partial charge in [0.15, 0.2) is 11.5 Å². The number of nitro benzene ring substituents is 1. The van der Waals surface area contributed by atoms with Crippen molar-refractivity contribution < 1.29 is 27.9 Å². The van der Waals surface area contributed by atoms with Gasteiger partial charge in [0.25, 0.3) is 5.69 Å². The lowest BCUT2D eigenvalue weighted by molar-refractivity contribution is -0.384. The molecule has 0 bridgehead atoms. The van der Waals surface area contributed by atoms with Gasteiger partial charge in [0, 0.05) is 6.07 Å². The van der Waals surface area contributed by atoms with E-state index in [-0.39, 0.29) is 17.2 Å². The number of anilines is 1. The Kier molecular flexibility index (Phi) is 5.65. The maximum atomic E-state index is 12.7. The predicted molar refractivity (Wildman–Crippen MR) is 88.6 cm³/mol. The van der Waals surface area contributed by atoms with Crippen LogP contribution in [0.5, 0.6) is 11.5 Å². The molecule has 0 spiro atoms. The van der Waals surface area contributed by atoms with Gasteiger partial charge in [-0.25, -0.2) is 0 Å². The normalized spacial score (nSPS) is 11.5. The summed E-state index contributed by atoms with van der Waals surface area (Å²) < 4.78 is 43.2. The summed E-state index contributed by atoms with van der Waals surface area (Å²) in [5.41, 5.74) is 0.783. The lowest BCUT2D eigenvalue weighted by Gasteiger charge is -2.08. The van der Waals surface area contributed by atoms with Crippen molar-refractivity contribution in [2.45, 2.75) is 13.1 Å². The zero-order chi connectivity index (χ0) is 19.3. The SMILES string of the molecule is CCOc1cc(/C=N\Nc2ccc(C(F)(F)F)cc2[N+](=O)[O-])ccc1O. The van der Waals surface area contributed by atoms with E-state index in [1.165, 1.54) is 24.4 Å². The molecule has 0 saturated heterocycles. The maximum absolute atomic E-state index is 12.7. The largest absolute Gasteiger partial charge is 0.504 e. The fourth-order valence-corrected chi connectivity index (χ4v) is 2.01. The van der Waals surface area contributed by atoms with E-state index >= 15 is 0 Å². The minimum atomic E-state index is -4.69. The van der Waals surface area contributed by atoms with Crippen molar-refractivity contribution in [2.24, 2.45) is 5.10 Å². The molecular weight excluding hydrogens is 355 g/mol. The summed E-state index contributed by atoms with van der Waals surface area (Å²) >= 11 is 0. The number of alkyl halides is 3. The molecule has 0 radical (unpaired) electrons. The van der Waals surface area contributed by atoms with Crippen molar-refractivity contribution in [1.29, 1.82) is 0 Å². The second-order valence-electron chi connectivity index (χ2n) is 5.02. The first-order chi connectivity index (χ1) is 12.2. The summed E-state index contributed by atoms with van der Waals surface area (Å²) in [6, 6.07) is 6.48. The molecule has 2 aromatic carbocycles. The third kappa shape index (κ3) is 4.62. The fraction of sp³-hybridized carbons (Fsp3) is 0.188. The van der Waals surface area contributed by atoms with Crippen LogP contribution in [0.25, 0.3) is 0 Å². The number of hydrazone groups is 1. The first-order valence-corrected chi connectivity index (χ1v) is 7.33. The quantitative estimate of drug-likeness (QED) is 0.453. The Morgan fingerprint density at radius 2 is 2.04 bits per heavy atom. The highest BCUT2D eigenvalue weighted by Crippen LogP contribution is 2.35. The van der Waals surface area contributed by atoms with Crippen LogP contribution in [0, 0.1) is 10.1 Å². The third-order valence-electron chi connectivity index (χ3n) is 3.20. The van der Waals surface area contributed by atoms with Gasteiger partial charge in [-0.3, -0.25) is 15.5 Å². The van der Waals surface area contributed by atoms with Crippen molar-refractivity contribution in [3.05, 3.63) is 57.6 Å². The van der Waals surface area contributed by atoms with Gasteiger partial charge in [-0.15, -0.1) is 0 Å². The van der Waals surface area contributed by atoms with Crippen LogP contribution in [0.4, 0.5) is 24.5 Å². The first kappa shape index (κ1) is 19.0. The molecule has 0 saturated carbocycles. The van der Waals surface area contributed by atoms with E-state index in [0.717, 1.165) is 12.1 Å². The highest BCUT2D eigenvalue weighted by molar-refractivity contribution is 5.81. The molecule has 2 rings (SSSR count). The van der Waals surface area contributed by atoms with Gasteiger partial charge in [0.2, 0.25) is 0 Å². The molecule has 0 aliphatic heterocycles. The number of phenolic OH excluding ortho intramolecular Hbond substituents is 1. The summed E-state index contributed by atoms with van der Waals surface area (Å²) in [5, 5.41) is 24.4. The van der Waals surface area contributed by atoms with Crippen LogP contribution in [0.2, 0.25) is 0 Å². The average Bonchev–Trinajstić information content (AvgIpc) is 2.57. The molecule has 2 aromatic rings. The molecule has 0 heterocycles. The number of nitro groups is 1. The molecular formula is C16H14F3N3O4. The number of aromatic hydroxyl groups is 1. The minimum absolute atomic E-state index is 0.0599. The Morgan fingerprint density at radius 1 is 1.31 bits per heavy atom. The minimum Gasteiger partial charge on any atom is -0.504 e. The number of benzene rings is 2. The van der Waals surface area contributed by atoms with Gasteiger partial charge in [-0.1, -0.05) is 0 Å².